The quantitative estimate of drug-likeness (QED) is 0.0291. The monoisotopic (exact) mass is 959 g/mol. The van der Waals surface area contributed by atoms with Gasteiger partial charge in [-0.15, -0.1) is 0 Å². The number of rotatable bonds is 18. The molecule has 7 N–H and O–H groups in total. The number of aryl methyl sites for hydroxylation is 5. The predicted molar refractivity (Wildman–Crippen MR) is 295 cm³/mol. The van der Waals surface area contributed by atoms with E-state index < -0.39 is 6.04 Å². The van der Waals surface area contributed by atoms with Crippen LogP contribution in [0.15, 0.2) is 116 Å². The van der Waals surface area contributed by atoms with Crippen molar-refractivity contribution in [3.63, 3.8) is 0 Å². The summed E-state index contributed by atoms with van der Waals surface area (Å²) in [6, 6.07) is 32.0. The summed E-state index contributed by atoms with van der Waals surface area (Å²) in [6.45, 7) is 27.4. The van der Waals surface area contributed by atoms with Crippen molar-refractivity contribution in [3.8, 4) is 0 Å². The van der Waals surface area contributed by atoms with Crippen LogP contribution in [0.4, 0.5) is 34.1 Å². The van der Waals surface area contributed by atoms with Crippen LogP contribution in [0.1, 0.15) is 97.5 Å². The van der Waals surface area contributed by atoms with E-state index in [2.05, 4.69) is 169 Å². The zero-order chi connectivity index (χ0) is 49.9. The van der Waals surface area contributed by atoms with Gasteiger partial charge in [-0.05, 0) is 159 Å². The summed E-state index contributed by atoms with van der Waals surface area (Å²) in [6.07, 6.45) is 6.08. The van der Waals surface area contributed by atoms with Gasteiger partial charge in [-0.1, -0.05) is 94.6 Å². The lowest BCUT2D eigenvalue weighted by Crippen LogP contribution is -2.40. The van der Waals surface area contributed by atoms with Gasteiger partial charge in [-0.25, -0.2) is 0 Å². The molecule has 70 heavy (non-hydrogen) atoms. The van der Waals surface area contributed by atoms with Gasteiger partial charge in [0.1, 0.15) is 6.04 Å². The molecule has 3 heterocycles. The number of anilines is 6. The Morgan fingerprint density at radius 2 is 1.57 bits per heavy atom. The van der Waals surface area contributed by atoms with Gasteiger partial charge in [0.2, 0.25) is 11.8 Å². The molecule has 0 saturated carbocycles. The third kappa shape index (κ3) is 11.7. The van der Waals surface area contributed by atoms with Crippen molar-refractivity contribution in [1.29, 1.82) is 0 Å². The van der Waals surface area contributed by atoms with Crippen LogP contribution in [0.3, 0.4) is 0 Å². The fourth-order valence-corrected chi connectivity index (χ4v) is 10.2. The zero-order valence-corrected chi connectivity index (χ0v) is 42.7. The Morgan fingerprint density at radius 1 is 0.886 bits per heavy atom. The molecule has 0 bridgehead atoms. The van der Waals surface area contributed by atoms with Crippen LogP contribution in [-0.4, -0.2) is 49.0 Å². The predicted octanol–water partition coefficient (Wildman–Crippen LogP) is 11.4. The van der Waals surface area contributed by atoms with Crippen molar-refractivity contribution in [2.24, 2.45) is 5.41 Å². The molecule has 1 unspecified atom stereocenters. The van der Waals surface area contributed by atoms with Crippen molar-refractivity contribution >= 4 is 68.9 Å². The highest BCUT2D eigenvalue weighted by Crippen LogP contribution is 2.43. The number of hydrogen-bond donors (Lipinski definition) is 6. The number of nitrogen functional groups attached to an aromatic ring is 1. The van der Waals surface area contributed by atoms with Gasteiger partial charge < -0.3 is 42.1 Å². The molecule has 0 saturated heterocycles. The maximum atomic E-state index is 13.8. The average Bonchev–Trinajstić information content (AvgIpc) is 3.89. The van der Waals surface area contributed by atoms with Crippen LogP contribution in [0.25, 0.3) is 11.4 Å². The highest BCUT2D eigenvalue weighted by Gasteiger charge is 2.34. The number of carbonyl (C=O) groups is 2. The number of para-hydroxylation sites is 2. The number of halogens is 1. The van der Waals surface area contributed by atoms with E-state index in [9.17, 15) is 9.59 Å². The lowest BCUT2D eigenvalue weighted by molar-refractivity contribution is -0.121. The molecule has 2 amide bonds. The van der Waals surface area contributed by atoms with Crippen LogP contribution in [0.5, 0.6) is 0 Å². The molecule has 5 aromatic rings. The fourth-order valence-electron chi connectivity index (χ4n) is 10.1. The minimum atomic E-state index is -0.600. The van der Waals surface area contributed by atoms with Gasteiger partial charge in [0, 0.05) is 81.9 Å². The number of nitrogens with two attached hydrogens (primary N) is 1. The van der Waals surface area contributed by atoms with Crippen molar-refractivity contribution in [1.82, 2.24) is 10.6 Å². The summed E-state index contributed by atoms with van der Waals surface area (Å²) in [4.78, 5) is 31.0. The molecule has 3 atom stereocenters. The van der Waals surface area contributed by atoms with Crippen LogP contribution in [0.2, 0.25) is 0 Å². The van der Waals surface area contributed by atoms with Crippen LogP contribution < -0.4 is 42.1 Å². The van der Waals surface area contributed by atoms with Crippen molar-refractivity contribution in [2.45, 2.75) is 110 Å². The molecule has 0 fully saturated rings. The highest BCUT2D eigenvalue weighted by molar-refractivity contribution is 6.21. The van der Waals surface area contributed by atoms with Crippen molar-refractivity contribution in [2.75, 3.05) is 51.1 Å². The Hall–Kier alpha value is -6.65. The number of benzene rings is 5. The summed E-state index contributed by atoms with van der Waals surface area (Å²) >= 11 is 6.59. The molecule has 8 rings (SSSR count). The Bertz CT molecular complexity index is 2830. The standard InChI is InChI=1S/C59H71ClN8O2/c1-36-26-50-40(5)68-49(30-47-15-11-13-17-56(47)68)35-62-53(50)31-45(36)20-18-42-27-43(29-48(28-42)66-58(70)38(3)64-37(2)34-63-57(69)22-24-59(7,8)9)19-21-46-32-54(65-41(6)60)51(33-52(46)61)39(4)67-25-23-44-14-10-12-16-55(44)67/h10-17,26-29,31-33,38,41,49,62,64-65H,2,4-5,18-25,30,34-35,61H2,1,3,6-9H3,(H,63,69)(H,66,70)/t38-,41+,49?/m1/s1. The van der Waals surface area contributed by atoms with Crippen LogP contribution >= 0.6 is 11.6 Å². The van der Waals surface area contributed by atoms with Gasteiger partial charge in [0.25, 0.3) is 0 Å². The van der Waals surface area contributed by atoms with E-state index in [0.717, 1.165) is 95.8 Å². The number of carbonyl (C=O) groups excluding carboxylic acids is 2. The van der Waals surface area contributed by atoms with Gasteiger partial charge in [0.15, 0.2) is 0 Å². The molecule has 0 spiro atoms. The third-order valence-electron chi connectivity index (χ3n) is 13.9. The van der Waals surface area contributed by atoms with E-state index in [1.165, 1.54) is 33.6 Å². The normalized spacial score (nSPS) is 15.6. The average molecular weight is 960 g/mol. The van der Waals surface area contributed by atoms with Gasteiger partial charge in [-0.2, -0.15) is 0 Å². The summed E-state index contributed by atoms with van der Waals surface area (Å²) in [7, 11) is 0. The largest absolute Gasteiger partial charge is 0.398 e. The molecular weight excluding hydrogens is 888 g/mol. The molecule has 11 heteroatoms. The first-order chi connectivity index (χ1) is 33.4. The number of nitrogens with one attached hydrogen (secondary N) is 5. The Balaban J connectivity index is 1.01. The topological polar surface area (TPSA) is 127 Å². The number of hydrogen-bond acceptors (Lipinski definition) is 8. The molecule has 10 nitrogen and oxygen atoms in total. The molecule has 0 aromatic heterocycles. The molecule has 0 aliphatic carbocycles. The minimum absolute atomic E-state index is 0.0360. The summed E-state index contributed by atoms with van der Waals surface area (Å²) in [5.74, 6) is -0.239. The molecule has 366 valence electrons. The van der Waals surface area contributed by atoms with Gasteiger partial charge >= 0.3 is 0 Å². The van der Waals surface area contributed by atoms with Crippen LogP contribution in [0, 0.1) is 12.3 Å². The Labute approximate surface area is 420 Å². The second-order valence-electron chi connectivity index (χ2n) is 20.7. The van der Waals surface area contributed by atoms with Crippen LogP contribution in [-0.2, 0) is 48.1 Å². The summed E-state index contributed by atoms with van der Waals surface area (Å²) < 4.78 is 0. The smallest absolute Gasteiger partial charge is 0.246 e. The van der Waals surface area contributed by atoms with Crippen molar-refractivity contribution in [3.05, 3.63) is 167 Å². The molecule has 5 aromatic carbocycles. The molecule has 3 aliphatic rings. The molecule has 3 aliphatic heterocycles. The second-order valence-corrected chi connectivity index (χ2v) is 21.3. The number of fused-ring (bicyclic) bond motifs is 5. The van der Waals surface area contributed by atoms with E-state index in [1.807, 2.05) is 13.0 Å². The number of nitrogens with zero attached hydrogens (tertiary/aromatic N) is 2. The lowest BCUT2D eigenvalue weighted by atomic mass is 9.90. The first-order valence-corrected chi connectivity index (χ1v) is 25.3. The Morgan fingerprint density at radius 3 is 2.29 bits per heavy atom. The number of alkyl halides is 1. The van der Waals surface area contributed by atoms with Crippen molar-refractivity contribution < 1.29 is 9.59 Å². The second kappa shape index (κ2) is 21.1. The number of amides is 2. The molecule has 0 radical (unpaired) electrons. The van der Waals surface area contributed by atoms with E-state index in [0.29, 0.717) is 42.4 Å². The first-order valence-electron chi connectivity index (χ1n) is 24.9. The van der Waals surface area contributed by atoms with E-state index in [1.54, 1.807) is 6.92 Å². The summed E-state index contributed by atoms with van der Waals surface area (Å²) in [5, 5.41) is 16.6. The van der Waals surface area contributed by atoms with E-state index in [4.69, 9.17) is 17.3 Å². The SMILES string of the molecule is C=C(CNC(=O)CCC(C)(C)C)N[C@H](C)C(=O)Nc1cc(CCc2cc3c(cc2C)C(=C)N2c4ccccc4CC2CN3)cc(CCc2cc(N[C@@H](C)Cl)c(C(=C)N3CCc4ccccc43)cc2N)c1. The maximum Gasteiger partial charge on any atom is 0.246 e. The lowest BCUT2D eigenvalue weighted by Gasteiger charge is -2.27. The third-order valence-corrected chi connectivity index (χ3v) is 14.0. The van der Waals surface area contributed by atoms with E-state index in [-0.39, 0.29) is 29.3 Å². The molecular formula is C59H71ClN8O2. The summed E-state index contributed by atoms with van der Waals surface area (Å²) in [5.41, 5.74) is 25.3. The first kappa shape index (κ1) is 49.8. The van der Waals surface area contributed by atoms with Gasteiger partial charge in [-0.3, -0.25) is 9.59 Å². The van der Waals surface area contributed by atoms with E-state index >= 15 is 0 Å². The zero-order valence-electron chi connectivity index (χ0n) is 42.0. The Kier molecular flexibility index (Phi) is 15.0. The van der Waals surface area contributed by atoms with Gasteiger partial charge in [0.05, 0.1) is 18.1 Å². The highest BCUT2D eigenvalue weighted by atomic mass is 35.5. The maximum absolute atomic E-state index is 13.8. The fraction of sp³-hybridized carbons (Fsp3) is 0.356. The minimum Gasteiger partial charge on any atom is -0.398 e.